The number of nitrogens with one attached hydrogen (secondary N) is 3. The Morgan fingerprint density at radius 3 is 2.40 bits per heavy atom. The summed E-state index contributed by atoms with van der Waals surface area (Å²) in [5.41, 5.74) is 4.25. The Kier molecular flexibility index (Phi) is 11.9. The van der Waals surface area contributed by atoms with Crippen LogP contribution in [0.2, 0.25) is 0 Å². The summed E-state index contributed by atoms with van der Waals surface area (Å²) in [7, 11) is 3.05. The average molecular weight is 743 g/mol. The van der Waals surface area contributed by atoms with Crippen LogP contribution in [0.15, 0.2) is 114 Å². The number of thioether (sulfide) groups is 1. The van der Waals surface area contributed by atoms with Gasteiger partial charge < -0.3 is 25.4 Å². The van der Waals surface area contributed by atoms with Crippen LogP contribution < -0.4 is 25.4 Å². The molecule has 53 heavy (non-hydrogen) atoms. The minimum Gasteiger partial charge on any atom is -0.497 e. The van der Waals surface area contributed by atoms with Crippen LogP contribution in [0.1, 0.15) is 56.8 Å². The van der Waals surface area contributed by atoms with E-state index in [0.29, 0.717) is 44.8 Å². The summed E-state index contributed by atoms with van der Waals surface area (Å²) in [6.45, 7) is 1.80. The molecule has 0 aliphatic heterocycles. The Hall–Kier alpha value is -5.83. The molecule has 11 heteroatoms. The minimum absolute atomic E-state index is 0.0155. The van der Waals surface area contributed by atoms with E-state index >= 15 is 0 Å². The maximum Gasteiger partial charge on any atom is 0.272 e. The van der Waals surface area contributed by atoms with Crippen LogP contribution in [-0.2, 0) is 22.4 Å². The highest BCUT2D eigenvalue weighted by Crippen LogP contribution is 2.42. The number of thiophene rings is 1. The van der Waals surface area contributed by atoms with E-state index in [1.807, 2.05) is 12.1 Å². The standard InChI is InChI=1S/C42H38N4O5S2/c1-26(39(47)46-42-35(25-43)34-19-17-29(23-38(34)53-42)27-11-6-4-7-12-27)52-33-16-10-15-31(24-33)44-41(49)36(45-40(48)28-13-8-5-9-14-28)22-30-21-32(50-2)18-20-37(30)51-3/h4-16,18,20-22,24,26,29H,17,19,23H2,1-3H3,(H,44,49)(H,45,48)(H,46,47)/b36-22+. The molecule has 3 amide bonds. The maximum atomic E-state index is 13.8. The summed E-state index contributed by atoms with van der Waals surface area (Å²) in [5, 5.41) is 18.8. The molecule has 1 aliphatic carbocycles. The molecule has 0 spiro atoms. The fourth-order valence-corrected chi connectivity index (χ4v) is 8.38. The number of nitriles is 1. The van der Waals surface area contributed by atoms with Gasteiger partial charge in [0.25, 0.3) is 11.8 Å². The van der Waals surface area contributed by atoms with Gasteiger partial charge in [-0.25, -0.2) is 0 Å². The maximum absolute atomic E-state index is 13.8. The van der Waals surface area contributed by atoms with E-state index < -0.39 is 17.1 Å². The normalized spacial score (nSPS) is 14.2. The zero-order valence-corrected chi connectivity index (χ0v) is 31.1. The van der Waals surface area contributed by atoms with Gasteiger partial charge in [0.2, 0.25) is 5.91 Å². The van der Waals surface area contributed by atoms with E-state index in [4.69, 9.17) is 9.47 Å². The van der Waals surface area contributed by atoms with E-state index in [-0.39, 0.29) is 11.6 Å². The summed E-state index contributed by atoms with van der Waals surface area (Å²) in [4.78, 5) is 42.3. The van der Waals surface area contributed by atoms with Gasteiger partial charge in [-0.3, -0.25) is 14.4 Å². The van der Waals surface area contributed by atoms with Crippen LogP contribution >= 0.6 is 23.1 Å². The van der Waals surface area contributed by atoms with Gasteiger partial charge in [0.1, 0.15) is 28.3 Å². The van der Waals surface area contributed by atoms with Crippen molar-refractivity contribution >= 4 is 57.6 Å². The molecule has 268 valence electrons. The number of rotatable bonds is 12. The van der Waals surface area contributed by atoms with E-state index in [9.17, 15) is 19.6 Å². The lowest BCUT2D eigenvalue weighted by Gasteiger charge is -2.22. The van der Waals surface area contributed by atoms with Gasteiger partial charge >= 0.3 is 0 Å². The molecule has 6 rings (SSSR count). The van der Waals surface area contributed by atoms with E-state index in [2.05, 4.69) is 46.3 Å². The Bertz CT molecular complexity index is 2190. The first kappa shape index (κ1) is 36.9. The van der Waals surface area contributed by atoms with Crippen LogP contribution in [0.4, 0.5) is 10.7 Å². The molecule has 3 N–H and O–H groups in total. The molecule has 1 aromatic heterocycles. The molecule has 0 saturated heterocycles. The highest BCUT2D eigenvalue weighted by Gasteiger charge is 2.28. The van der Waals surface area contributed by atoms with Crippen molar-refractivity contribution in [3.63, 3.8) is 0 Å². The average Bonchev–Trinajstić information content (AvgIpc) is 3.54. The summed E-state index contributed by atoms with van der Waals surface area (Å²) in [6, 6.07) is 33.6. The lowest BCUT2D eigenvalue weighted by molar-refractivity contribution is -0.115. The number of amides is 3. The molecule has 0 radical (unpaired) electrons. The van der Waals surface area contributed by atoms with Crippen LogP contribution in [0.25, 0.3) is 6.08 Å². The second-order valence-corrected chi connectivity index (χ2v) is 14.9. The third-order valence-corrected chi connectivity index (χ3v) is 11.2. The molecular weight excluding hydrogens is 705 g/mol. The number of hydrogen-bond donors (Lipinski definition) is 3. The molecule has 0 fully saturated rings. The molecule has 1 heterocycles. The van der Waals surface area contributed by atoms with Crippen molar-refractivity contribution in [2.24, 2.45) is 0 Å². The van der Waals surface area contributed by atoms with Gasteiger partial charge in [0.15, 0.2) is 0 Å². The number of nitrogens with zero attached hydrogens (tertiary/aromatic N) is 1. The molecule has 1 aliphatic rings. The number of fused-ring (bicyclic) bond motifs is 1. The lowest BCUT2D eigenvalue weighted by Crippen LogP contribution is -2.30. The highest BCUT2D eigenvalue weighted by atomic mass is 32.2. The second-order valence-electron chi connectivity index (χ2n) is 12.4. The van der Waals surface area contributed by atoms with Gasteiger partial charge in [-0.1, -0.05) is 54.6 Å². The van der Waals surface area contributed by atoms with Crippen molar-refractivity contribution in [3.8, 4) is 17.6 Å². The molecule has 4 aromatic carbocycles. The van der Waals surface area contributed by atoms with Crippen molar-refractivity contribution in [1.82, 2.24) is 5.32 Å². The van der Waals surface area contributed by atoms with Crippen LogP contribution in [-0.4, -0.2) is 37.2 Å². The van der Waals surface area contributed by atoms with E-state index in [0.717, 1.165) is 34.6 Å². The molecule has 9 nitrogen and oxygen atoms in total. The molecule has 2 unspecified atom stereocenters. The zero-order valence-electron chi connectivity index (χ0n) is 29.5. The van der Waals surface area contributed by atoms with E-state index in [1.165, 1.54) is 49.0 Å². The Labute approximate surface area is 317 Å². The summed E-state index contributed by atoms with van der Waals surface area (Å²) >= 11 is 2.82. The fourth-order valence-electron chi connectivity index (χ4n) is 6.17. The van der Waals surface area contributed by atoms with Gasteiger partial charge in [-0.05, 0) is 97.8 Å². The van der Waals surface area contributed by atoms with Gasteiger partial charge in [-0.2, -0.15) is 5.26 Å². The predicted molar refractivity (Wildman–Crippen MR) is 211 cm³/mol. The fraction of sp³-hybridized carbons (Fsp3) is 0.190. The second kappa shape index (κ2) is 17.1. The van der Waals surface area contributed by atoms with Gasteiger partial charge in [-0.15, -0.1) is 23.1 Å². The predicted octanol–water partition coefficient (Wildman–Crippen LogP) is 8.44. The van der Waals surface area contributed by atoms with Gasteiger partial charge in [0.05, 0.1) is 25.0 Å². The Morgan fingerprint density at radius 1 is 0.925 bits per heavy atom. The first-order chi connectivity index (χ1) is 25.8. The number of carbonyl (C=O) groups is 3. The van der Waals surface area contributed by atoms with Crippen molar-refractivity contribution in [3.05, 3.63) is 142 Å². The van der Waals surface area contributed by atoms with Crippen molar-refractivity contribution in [1.29, 1.82) is 5.26 Å². The monoisotopic (exact) mass is 742 g/mol. The third kappa shape index (κ3) is 8.98. The molecule has 2 atom stereocenters. The zero-order chi connectivity index (χ0) is 37.3. The number of anilines is 2. The first-order valence-corrected chi connectivity index (χ1v) is 18.7. The van der Waals surface area contributed by atoms with Crippen molar-refractivity contribution in [2.45, 2.75) is 42.2 Å². The topological polar surface area (TPSA) is 130 Å². The van der Waals surface area contributed by atoms with E-state index in [1.54, 1.807) is 73.7 Å². The number of benzene rings is 4. The molecule has 0 saturated carbocycles. The molecular formula is C42H38N4O5S2. The molecule has 5 aromatic rings. The lowest BCUT2D eigenvalue weighted by atomic mass is 9.83. The van der Waals surface area contributed by atoms with Crippen molar-refractivity contribution in [2.75, 3.05) is 24.9 Å². The summed E-state index contributed by atoms with van der Waals surface area (Å²) in [6.07, 6.45) is 4.13. The minimum atomic E-state index is -0.563. The third-order valence-electron chi connectivity index (χ3n) is 8.92. The van der Waals surface area contributed by atoms with Crippen LogP contribution in [0.5, 0.6) is 11.5 Å². The quantitative estimate of drug-likeness (QED) is 0.0865. The number of hydrogen-bond acceptors (Lipinski definition) is 8. The largest absolute Gasteiger partial charge is 0.497 e. The smallest absolute Gasteiger partial charge is 0.272 e. The highest BCUT2D eigenvalue weighted by molar-refractivity contribution is 8.00. The summed E-state index contributed by atoms with van der Waals surface area (Å²) in [5.74, 6) is 0.175. The molecule has 0 bridgehead atoms. The Morgan fingerprint density at radius 2 is 1.68 bits per heavy atom. The number of carbonyl (C=O) groups excluding carboxylic acids is 3. The Balaban J connectivity index is 1.16. The number of methoxy groups -OCH3 is 2. The number of ether oxygens (including phenoxy) is 2. The SMILES string of the molecule is COc1ccc(OC)c(/C=C(/NC(=O)c2ccccc2)C(=O)Nc2cccc(SC(C)C(=O)Nc3sc4c(c3C#N)CCC(c3ccccc3)C4)c2)c1. The van der Waals surface area contributed by atoms with Crippen molar-refractivity contribution < 1.29 is 23.9 Å². The van der Waals surface area contributed by atoms with Crippen LogP contribution in [0.3, 0.4) is 0 Å². The van der Waals surface area contributed by atoms with Crippen LogP contribution in [0, 0.1) is 11.3 Å². The summed E-state index contributed by atoms with van der Waals surface area (Å²) < 4.78 is 10.9. The first-order valence-electron chi connectivity index (χ1n) is 17.0. The van der Waals surface area contributed by atoms with Gasteiger partial charge in [0, 0.05) is 26.6 Å².